The van der Waals surface area contributed by atoms with Crippen molar-refractivity contribution in [2.75, 3.05) is 0 Å². The molecule has 2 saturated carbocycles. The number of Topliss-reactive ketones (excluding diaryl/α,β-unsaturated/α-hetero) is 1. The lowest BCUT2D eigenvalue weighted by molar-refractivity contribution is -0.179. The summed E-state index contributed by atoms with van der Waals surface area (Å²) in [7, 11) is 0. The van der Waals surface area contributed by atoms with Gasteiger partial charge in [-0.1, -0.05) is 30.7 Å². The second kappa shape index (κ2) is 4.48. The normalized spacial score (nSPS) is 24.7. The summed E-state index contributed by atoms with van der Waals surface area (Å²) in [5.41, 5.74) is 7.76. The van der Waals surface area contributed by atoms with Gasteiger partial charge in [0.2, 0.25) is 0 Å². The van der Waals surface area contributed by atoms with E-state index in [1.807, 2.05) is 12.1 Å². The zero-order valence-corrected chi connectivity index (χ0v) is 10.5. The molecule has 0 bridgehead atoms. The fourth-order valence-electron chi connectivity index (χ4n) is 2.96. The van der Waals surface area contributed by atoms with Gasteiger partial charge in [0, 0.05) is 13.0 Å². The lowest BCUT2D eigenvalue weighted by Crippen LogP contribution is -2.59. The average molecular weight is 245 g/mol. The predicted octanol–water partition coefficient (Wildman–Crippen LogP) is 2.17. The van der Waals surface area contributed by atoms with Gasteiger partial charge in [-0.05, 0) is 24.0 Å². The molecule has 0 unspecified atom stereocenters. The number of nitrogens with two attached hydrogens (primary N) is 1. The SMILES string of the molecule is NCc1ccc(CO[C@H]2CC(=O)C23CCC3)cc1. The number of rotatable bonds is 4. The van der Waals surface area contributed by atoms with E-state index < -0.39 is 0 Å². The first-order valence-electron chi connectivity index (χ1n) is 6.67. The van der Waals surface area contributed by atoms with E-state index in [4.69, 9.17) is 10.5 Å². The Labute approximate surface area is 107 Å². The Balaban J connectivity index is 1.56. The standard InChI is InChI=1S/C15H19NO2/c16-9-11-2-4-12(5-3-11)10-18-14-8-13(17)15(14)6-1-7-15/h2-5,14H,1,6-10,16H2/t14-/m0/s1. The van der Waals surface area contributed by atoms with Crippen molar-refractivity contribution in [2.24, 2.45) is 11.1 Å². The molecule has 1 spiro atoms. The van der Waals surface area contributed by atoms with Crippen LogP contribution in [0, 0.1) is 5.41 Å². The van der Waals surface area contributed by atoms with Gasteiger partial charge in [0.1, 0.15) is 5.78 Å². The monoisotopic (exact) mass is 245 g/mol. The maximum absolute atomic E-state index is 11.6. The van der Waals surface area contributed by atoms with E-state index in [0.717, 1.165) is 24.0 Å². The molecule has 96 valence electrons. The molecule has 0 saturated heterocycles. The van der Waals surface area contributed by atoms with Crippen LogP contribution >= 0.6 is 0 Å². The van der Waals surface area contributed by atoms with Gasteiger partial charge < -0.3 is 10.5 Å². The Hall–Kier alpha value is -1.19. The van der Waals surface area contributed by atoms with E-state index in [9.17, 15) is 4.79 Å². The molecule has 0 aromatic heterocycles. The summed E-state index contributed by atoms with van der Waals surface area (Å²) in [5, 5.41) is 0. The minimum atomic E-state index is -0.0861. The Morgan fingerprint density at radius 3 is 2.39 bits per heavy atom. The van der Waals surface area contributed by atoms with Crippen LogP contribution in [0.3, 0.4) is 0 Å². The van der Waals surface area contributed by atoms with Crippen molar-refractivity contribution in [1.82, 2.24) is 0 Å². The summed E-state index contributed by atoms with van der Waals surface area (Å²) in [4.78, 5) is 11.6. The zero-order valence-electron chi connectivity index (χ0n) is 10.5. The molecule has 2 aliphatic rings. The number of hydrogen-bond acceptors (Lipinski definition) is 3. The Kier molecular flexibility index (Phi) is 2.96. The fourth-order valence-corrected chi connectivity index (χ4v) is 2.96. The highest BCUT2D eigenvalue weighted by molar-refractivity contribution is 5.93. The van der Waals surface area contributed by atoms with Gasteiger partial charge in [0.05, 0.1) is 18.1 Å². The van der Waals surface area contributed by atoms with E-state index in [-0.39, 0.29) is 11.5 Å². The molecule has 0 heterocycles. The first kappa shape index (κ1) is 11.9. The van der Waals surface area contributed by atoms with Crippen LogP contribution in [-0.4, -0.2) is 11.9 Å². The van der Waals surface area contributed by atoms with Gasteiger partial charge in [0.15, 0.2) is 0 Å². The van der Waals surface area contributed by atoms with Crippen LogP contribution in [0.2, 0.25) is 0 Å². The summed E-state index contributed by atoms with van der Waals surface area (Å²) in [5.74, 6) is 0.414. The van der Waals surface area contributed by atoms with Crippen molar-refractivity contribution in [1.29, 1.82) is 0 Å². The second-order valence-electron chi connectivity index (χ2n) is 5.46. The lowest BCUT2D eigenvalue weighted by Gasteiger charge is -2.53. The van der Waals surface area contributed by atoms with Crippen molar-refractivity contribution in [3.05, 3.63) is 35.4 Å². The second-order valence-corrected chi connectivity index (χ2v) is 5.46. The van der Waals surface area contributed by atoms with Crippen LogP contribution in [-0.2, 0) is 22.7 Å². The van der Waals surface area contributed by atoms with Crippen molar-refractivity contribution in [3.63, 3.8) is 0 Å². The summed E-state index contributed by atoms with van der Waals surface area (Å²) >= 11 is 0. The van der Waals surface area contributed by atoms with Crippen molar-refractivity contribution in [3.8, 4) is 0 Å². The quantitative estimate of drug-likeness (QED) is 0.884. The van der Waals surface area contributed by atoms with Crippen molar-refractivity contribution in [2.45, 2.75) is 44.9 Å². The summed E-state index contributed by atoms with van der Waals surface area (Å²) < 4.78 is 5.91. The van der Waals surface area contributed by atoms with Crippen LogP contribution in [0.15, 0.2) is 24.3 Å². The fraction of sp³-hybridized carbons (Fsp3) is 0.533. The molecule has 0 amide bonds. The highest BCUT2D eigenvalue weighted by Gasteiger charge is 2.58. The van der Waals surface area contributed by atoms with E-state index in [1.165, 1.54) is 6.42 Å². The molecule has 0 radical (unpaired) electrons. The number of hydrogen-bond donors (Lipinski definition) is 1. The summed E-state index contributed by atoms with van der Waals surface area (Å²) in [6.07, 6.45) is 4.01. The van der Waals surface area contributed by atoms with E-state index in [1.54, 1.807) is 0 Å². The third-order valence-electron chi connectivity index (χ3n) is 4.50. The van der Waals surface area contributed by atoms with Crippen LogP contribution in [0.4, 0.5) is 0 Å². The molecule has 3 rings (SSSR count). The largest absolute Gasteiger partial charge is 0.372 e. The van der Waals surface area contributed by atoms with E-state index in [0.29, 0.717) is 25.4 Å². The topological polar surface area (TPSA) is 52.3 Å². The van der Waals surface area contributed by atoms with E-state index in [2.05, 4.69) is 12.1 Å². The number of benzene rings is 1. The lowest BCUT2D eigenvalue weighted by atomic mass is 9.53. The Morgan fingerprint density at radius 1 is 1.22 bits per heavy atom. The number of ether oxygens (including phenoxy) is 1. The highest BCUT2D eigenvalue weighted by atomic mass is 16.5. The Morgan fingerprint density at radius 2 is 1.89 bits per heavy atom. The molecule has 2 N–H and O–H groups in total. The minimum Gasteiger partial charge on any atom is -0.372 e. The molecular weight excluding hydrogens is 226 g/mol. The number of carbonyl (C=O) groups is 1. The van der Waals surface area contributed by atoms with Gasteiger partial charge in [-0.15, -0.1) is 0 Å². The van der Waals surface area contributed by atoms with Crippen LogP contribution < -0.4 is 5.73 Å². The smallest absolute Gasteiger partial charge is 0.144 e. The molecule has 18 heavy (non-hydrogen) atoms. The van der Waals surface area contributed by atoms with Crippen molar-refractivity contribution >= 4 is 5.78 Å². The molecule has 1 aromatic carbocycles. The molecule has 3 heteroatoms. The number of carbonyl (C=O) groups excluding carboxylic acids is 1. The molecule has 3 nitrogen and oxygen atoms in total. The van der Waals surface area contributed by atoms with Gasteiger partial charge in [-0.3, -0.25) is 4.79 Å². The molecule has 1 aromatic rings. The third kappa shape index (κ3) is 1.78. The maximum atomic E-state index is 11.6. The van der Waals surface area contributed by atoms with Crippen LogP contribution in [0.5, 0.6) is 0 Å². The predicted molar refractivity (Wildman–Crippen MR) is 68.8 cm³/mol. The van der Waals surface area contributed by atoms with Crippen molar-refractivity contribution < 1.29 is 9.53 Å². The zero-order chi connectivity index (χ0) is 12.6. The molecule has 0 aliphatic heterocycles. The minimum absolute atomic E-state index is 0.0861. The molecule has 2 fully saturated rings. The number of ketones is 1. The maximum Gasteiger partial charge on any atom is 0.144 e. The van der Waals surface area contributed by atoms with Gasteiger partial charge in [-0.25, -0.2) is 0 Å². The van der Waals surface area contributed by atoms with Crippen LogP contribution in [0.1, 0.15) is 36.8 Å². The first-order chi connectivity index (χ1) is 8.74. The molecular formula is C15H19NO2. The molecule has 2 aliphatic carbocycles. The van der Waals surface area contributed by atoms with Gasteiger partial charge >= 0.3 is 0 Å². The van der Waals surface area contributed by atoms with Gasteiger partial charge in [0.25, 0.3) is 0 Å². The van der Waals surface area contributed by atoms with Crippen LogP contribution in [0.25, 0.3) is 0 Å². The average Bonchev–Trinajstić information content (AvgIpc) is 2.33. The summed E-state index contributed by atoms with van der Waals surface area (Å²) in [6.45, 7) is 1.17. The van der Waals surface area contributed by atoms with Gasteiger partial charge in [-0.2, -0.15) is 0 Å². The summed E-state index contributed by atoms with van der Waals surface area (Å²) in [6, 6.07) is 8.17. The molecule has 1 atom stereocenters. The Bertz CT molecular complexity index is 448. The third-order valence-corrected chi connectivity index (χ3v) is 4.50. The first-order valence-corrected chi connectivity index (χ1v) is 6.67. The van der Waals surface area contributed by atoms with E-state index >= 15 is 0 Å². The highest BCUT2D eigenvalue weighted by Crippen LogP contribution is 2.54.